The van der Waals surface area contributed by atoms with Crippen LogP contribution >= 0.6 is 0 Å². The fourth-order valence-corrected chi connectivity index (χ4v) is 2.57. The average Bonchev–Trinajstić information content (AvgIpc) is 2.49. The predicted molar refractivity (Wildman–Crippen MR) is 75.8 cm³/mol. The second-order valence-electron chi connectivity index (χ2n) is 5.22. The van der Waals surface area contributed by atoms with Crippen molar-refractivity contribution in [2.75, 3.05) is 34.5 Å². The van der Waals surface area contributed by atoms with E-state index in [1.54, 1.807) is 25.3 Å². The molecule has 1 aromatic rings. The van der Waals surface area contributed by atoms with E-state index in [9.17, 15) is 9.50 Å². The third-order valence-corrected chi connectivity index (χ3v) is 3.90. The normalized spacial score (nSPS) is 26.1. The Morgan fingerprint density at radius 2 is 2.14 bits per heavy atom. The number of hydrogen-bond acceptors (Lipinski definition) is 5. The summed E-state index contributed by atoms with van der Waals surface area (Å²) in [7, 11) is 4.81. The van der Waals surface area contributed by atoms with Crippen molar-refractivity contribution in [3.63, 3.8) is 0 Å². The summed E-state index contributed by atoms with van der Waals surface area (Å²) in [5.74, 6) is -0.155. The van der Waals surface area contributed by atoms with Gasteiger partial charge in [-0.05, 0) is 13.1 Å². The molecule has 1 aromatic carbocycles. The number of likely N-dealkylation sites (N-methyl/N-ethyl adjacent to an activating group) is 1. The third kappa shape index (κ3) is 3.52. The number of ether oxygens (including phenoxy) is 3. The topological polar surface area (TPSA) is 51.2 Å². The van der Waals surface area contributed by atoms with Crippen LogP contribution in [0.15, 0.2) is 18.2 Å². The summed E-state index contributed by atoms with van der Waals surface area (Å²) in [6.07, 6.45) is -1.02. The van der Waals surface area contributed by atoms with Gasteiger partial charge in [-0.25, -0.2) is 4.39 Å². The molecule has 1 saturated heterocycles. The first-order chi connectivity index (χ1) is 10.1. The van der Waals surface area contributed by atoms with E-state index in [4.69, 9.17) is 14.2 Å². The van der Waals surface area contributed by atoms with Crippen molar-refractivity contribution in [1.29, 1.82) is 0 Å². The molecule has 1 heterocycles. The van der Waals surface area contributed by atoms with E-state index in [-0.39, 0.29) is 23.7 Å². The molecule has 0 bridgehead atoms. The Labute approximate surface area is 124 Å². The van der Waals surface area contributed by atoms with Gasteiger partial charge in [-0.1, -0.05) is 12.1 Å². The van der Waals surface area contributed by atoms with Crippen LogP contribution in [0.1, 0.15) is 5.56 Å². The van der Waals surface area contributed by atoms with Crippen LogP contribution in [0.2, 0.25) is 0 Å². The van der Waals surface area contributed by atoms with Crippen LogP contribution in [0.25, 0.3) is 0 Å². The van der Waals surface area contributed by atoms with Crippen LogP contribution in [0, 0.1) is 5.82 Å². The summed E-state index contributed by atoms with van der Waals surface area (Å²) in [5.41, 5.74) is 0.517. The maximum atomic E-state index is 14.2. The number of aliphatic hydroxyl groups is 1. The average molecular weight is 299 g/mol. The zero-order valence-corrected chi connectivity index (χ0v) is 12.6. The number of hydrogen-bond donors (Lipinski definition) is 1. The quantitative estimate of drug-likeness (QED) is 0.880. The highest BCUT2D eigenvalue weighted by Crippen LogP contribution is 2.23. The van der Waals surface area contributed by atoms with Crippen molar-refractivity contribution in [2.45, 2.75) is 24.8 Å². The van der Waals surface area contributed by atoms with Gasteiger partial charge in [0.1, 0.15) is 12.2 Å². The highest BCUT2D eigenvalue weighted by atomic mass is 19.1. The number of methoxy groups -OCH3 is 2. The minimum absolute atomic E-state index is 0.219. The molecule has 1 aliphatic rings. The van der Waals surface area contributed by atoms with Gasteiger partial charge in [-0.3, -0.25) is 4.90 Å². The SMILES string of the molecule is COc1cccc(CN(C)[C@@H]2COC[C@@H](OC)[C@H]2O)c1F. The van der Waals surface area contributed by atoms with Crippen LogP contribution in [0.3, 0.4) is 0 Å². The number of nitrogens with zero attached hydrogens (tertiary/aromatic N) is 1. The van der Waals surface area contributed by atoms with Crippen molar-refractivity contribution in [2.24, 2.45) is 0 Å². The molecule has 0 radical (unpaired) electrons. The van der Waals surface area contributed by atoms with Gasteiger partial charge in [0.2, 0.25) is 0 Å². The molecule has 0 aliphatic carbocycles. The maximum absolute atomic E-state index is 14.2. The Morgan fingerprint density at radius 1 is 1.38 bits per heavy atom. The maximum Gasteiger partial charge on any atom is 0.169 e. The summed E-state index contributed by atoms with van der Waals surface area (Å²) in [5, 5.41) is 10.3. The monoisotopic (exact) mass is 299 g/mol. The van der Waals surface area contributed by atoms with E-state index >= 15 is 0 Å². The summed E-state index contributed by atoms with van der Waals surface area (Å²) in [4.78, 5) is 1.87. The zero-order chi connectivity index (χ0) is 15.4. The van der Waals surface area contributed by atoms with E-state index in [0.29, 0.717) is 25.3 Å². The Kier molecular flexibility index (Phi) is 5.52. The lowest BCUT2D eigenvalue weighted by Crippen LogP contribution is -2.55. The molecular weight excluding hydrogens is 277 g/mol. The van der Waals surface area contributed by atoms with Gasteiger partial charge < -0.3 is 19.3 Å². The van der Waals surface area contributed by atoms with Gasteiger partial charge in [-0.15, -0.1) is 0 Å². The molecule has 0 aromatic heterocycles. The van der Waals surface area contributed by atoms with Gasteiger partial charge >= 0.3 is 0 Å². The van der Waals surface area contributed by atoms with Crippen LogP contribution in [0.5, 0.6) is 5.75 Å². The molecule has 3 atom stereocenters. The second kappa shape index (κ2) is 7.17. The molecule has 1 N–H and O–H groups in total. The predicted octanol–water partition coefficient (Wildman–Crippen LogP) is 1.04. The smallest absolute Gasteiger partial charge is 0.169 e. The molecule has 1 aliphatic heterocycles. The van der Waals surface area contributed by atoms with Crippen molar-refractivity contribution in [3.8, 4) is 5.75 Å². The molecule has 0 saturated carbocycles. The fourth-order valence-electron chi connectivity index (χ4n) is 2.57. The summed E-state index contributed by atoms with van der Waals surface area (Å²) >= 11 is 0. The lowest BCUT2D eigenvalue weighted by molar-refractivity contribution is -0.142. The molecule has 2 rings (SSSR count). The Morgan fingerprint density at radius 3 is 2.81 bits per heavy atom. The first kappa shape index (κ1) is 16.2. The first-order valence-corrected chi connectivity index (χ1v) is 6.88. The molecular formula is C15H22FNO4. The molecule has 5 nitrogen and oxygen atoms in total. The van der Waals surface area contributed by atoms with E-state index < -0.39 is 6.10 Å². The summed E-state index contributed by atoms with van der Waals surface area (Å²) in [6.45, 7) is 1.11. The van der Waals surface area contributed by atoms with Gasteiger partial charge in [-0.2, -0.15) is 0 Å². The molecule has 6 heteroatoms. The van der Waals surface area contributed by atoms with Crippen LogP contribution in [-0.2, 0) is 16.0 Å². The lowest BCUT2D eigenvalue weighted by Gasteiger charge is -2.39. The number of halogens is 1. The molecule has 1 fully saturated rings. The number of benzene rings is 1. The minimum Gasteiger partial charge on any atom is -0.494 e. The third-order valence-electron chi connectivity index (χ3n) is 3.90. The summed E-state index contributed by atoms with van der Waals surface area (Å²) in [6, 6.07) is 4.79. The Balaban J connectivity index is 2.09. The lowest BCUT2D eigenvalue weighted by atomic mass is 10.0. The van der Waals surface area contributed by atoms with Crippen LogP contribution < -0.4 is 4.74 Å². The molecule has 0 unspecified atom stereocenters. The van der Waals surface area contributed by atoms with Gasteiger partial charge in [0.05, 0.1) is 26.4 Å². The first-order valence-electron chi connectivity index (χ1n) is 6.88. The van der Waals surface area contributed by atoms with Crippen LogP contribution in [0.4, 0.5) is 4.39 Å². The van der Waals surface area contributed by atoms with Crippen molar-refractivity contribution in [1.82, 2.24) is 4.90 Å². The molecule has 0 spiro atoms. The van der Waals surface area contributed by atoms with Crippen molar-refractivity contribution in [3.05, 3.63) is 29.6 Å². The second-order valence-corrected chi connectivity index (χ2v) is 5.22. The van der Waals surface area contributed by atoms with Gasteiger partial charge in [0.15, 0.2) is 11.6 Å². The van der Waals surface area contributed by atoms with Gasteiger partial charge in [0.25, 0.3) is 0 Å². The number of aliphatic hydroxyl groups excluding tert-OH is 1. The van der Waals surface area contributed by atoms with E-state index in [0.717, 1.165) is 0 Å². The minimum atomic E-state index is -0.664. The van der Waals surface area contributed by atoms with E-state index in [2.05, 4.69) is 0 Å². The fraction of sp³-hybridized carbons (Fsp3) is 0.600. The standard InChI is InChI=1S/C15H22FNO4/c1-17(11-8-21-9-13(20-3)15(11)18)7-10-5-4-6-12(19-2)14(10)16/h4-6,11,13,15,18H,7-9H2,1-3H3/t11-,13-,15+/m1/s1. The zero-order valence-electron chi connectivity index (χ0n) is 12.6. The molecule has 21 heavy (non-hydrogen) atoms. The van der Waals surface area contributed by atoms with Gasteiger partial charge in [0, 0.05) is 19.2 Å². The Bertz CT molecular complexity index is 471. The Hall–Kier alpha value is -1.21. The van der Waals surface area contributed by atoms with Crippen molar-refractivity contribution < 1.29 is 23.7 Å². The molecule has 0 amide bonds. The molecule has 118 valence electrons. The van der Waals surface area contributed by atoms with E-state index in [1.165, 1.54) is 7.11 Å². The van der Waals surface area contributed by atoms with E-state index in [1.807, 2.05) is 11.9 Å². The van der Waals surface area contributed by atoms with Crippen molar-refractivity contribution >= 4 is 0 Å². The highest BCUT2D eigenvalue weighted by molar-refractivity contribution is 5.31. The van der Waals surface area contributed by atoms with Crippen LogP contribution in [-0.4, -0.2) is 62.7 Å². The highest BCUT2D eigenvalue weighted by Gasteiger charge is 2.35. The largest absolute Gasteiger partial charge is 0.494 e. The summed E-state index contributed by atoms with van der Waals surface area (Å²) < 4.78 is 29.8. The number of rotatable bonds is 5.